The molecule has 5 nitrogen and oxygen atoms in total. The third-order valence-corrected chi connectivity index (χ3v) is 6.24. The molecule has 6 heteroatoms. The molecule has 0 N–H and O–H groups in total. The van der Waals surface area contributed by atoms with Crippen LogP contribution in [-0.2, 0) is 0 Å². The molecule has 0 saturated carbocycles. The van der Waals surface area contributed by atoms with E-state index in [4.69, 9.17) is 0 Å². The number of amides is 1. The van der Waals surface area contributed by atoms with Gasteiger partial charge in [-0.15, -0.1) is 0 Å². The number of aromatic nitrogens is 1. The van der Waals surface area contributed by atoms with Crippen molar-refractivity contribution in [2.24, 2.45) is 0 Å². The zero-order valence-electron chi connectivity index (χ0n) is 17.3. The molecule has 0 unspecified atom stereocenters. The lowest BCUT2D eigenvalue weighted by molar-refractivity contribution is 0.0246. The van der Waals surface area contributed by atoms with Gasteiger partial charge in [-0.25, -0.2) is 9.37 Å². The molecule has 0 spiro atoms. The number of piperazine rings is 1. The number of hydrogen-bond acceptors (Lipinski definition) is 4. The van der Waals surface area contributed by atoms with Crippen molar-refractivity contribution in [1.29, 1.82) is 0 Å². The van der Waals surface area contributed by atoms with Crippen LogP contribution < -0.4 is 4.90 Å². The Bertz CT molecular complexity index is 1040. The van der Waals surface area contributed by atoms with Crippen molar-refractivity contribution in [2.45, 2.75) is 6.04 Å². The van der Waals surface area contributed by atoms with Gasteiger partial charge in [0.15, 0.2) is 0 Å². The van der Waals surface area contributed by atoms with Crippen molar-refractivity contribution >= 4 is 11.7 Å². The molecule has 5 rings (SSSR count). The van der Waals surface area contributed by atoms with Gasteiger partial charge in [0.2, 0.25) is 0 Å². The summed E-state index contributed by atoms with van der Waals surface area (Å²) in [4.78, 5) is 24.1. The summed E-state index contributed by atoms with van der Waals surface area (Å²) < 4.78 is 13.2. The predicted octanol–water partition coefficient (Wildman–Crippen LogP) is 3.53. The van der Waals surface area contributed by atoms with E-state index in [0.717, 1.165) is 56.2 Å². The molecule has 0 atom stereocenters. The van der Waals surface area contributed by atoms with E-state index in [1.807, 2.05) is 47.5 Å². The number of likely N-dealkylation sites (tertiary alicyclic amines) is 1. The summed E-state index contributed by atoms with van der Waals surface area (Å²) in [5.74, 6) is 0.837. The second kappa shape index (κ2) is 8.47. The highest BCUT2D eigenvalue weighted by molar-refractivity contribution is 5.96. The van der Waals surface area contributed by atoms with Crippen LogP contribution in [0.1, 0.15) is 10.4 Å². The van der Waals surface area contributed by atoms with Crippen molar-refractivity contribution in [3.05, 3.63) is 84.3 Å². The summed E-state index contributed by atoms with van der Waals surface area (Å²) >= 11 is 0. The lowest BCUT2D eigenvalue weighted by Crippen LogP contribution is -2.64. The summed E-state index contributed by atoms with van der Waals surface area (Å²) in [7, 11) is 0. The zero-order valence-corrected chi connectivity index (χ0v) is 17.3. The monoisotopic (exact) mass is 416 g/mol. The van der Waals surface area contributed by atoms with Crippen LogP contribution in [0, 0.1) is 5.82 Å². The van der Waals surface area contributed by atoms with Gasteiger partial charge >= 0.3 is 0 Å². The zero-order chi connectivity index (χ0) is 21.2. The summed E-state index contributed by atoms with van der Waals surface area (Å²) in [6.07, 6.45) is 1.84. The van der Waals surface area contributed by atoms with Crippen LogP contribution >= 0.6 is 0 Å². The first-order valence-electron chi connectivity index (χ1n) is 10.7. The standard InChI is InChI=1S/C25H25FN4O/c26-22-9-7-19(8-10-22)20-4-3-5-21(16-20)25(31)30-17-23(18-30)28-12-14-29(15-13-28)24-6-1-2-11-27-24/h1-11,16,23H,12-15,17-18H2. The highest BCUT2D eigenvalue weighted by Gasteiger charge is 2.36. The SMILES string of the molecule is O=C(c1cccc(-c2ccc(F)cc2)c1)N1CC(N2CCN(c3ccccn3)CC2)C1. The third kappa shape index (κ3) is 4.16. The molecular weight excluding hydrogens is 391 g/mol. The predicted molar refractivity (Wildman–Crippen MR) is 120 cm³/mol. The van der Waals surface area contributed by atoms with Gasteiger partial charge in [0.05, 0.1) is 0 Å². The number of rotatable bonds is 4. The van der Waals surface area contributed by atoms with E-state index in [9.17, 15) is 9.18 Å². The van der Waals surface area contributed by atoms with Gasteiger partial charge in [0.1, 0.15) is 11.6 Å². The van der Waals surface area contributed by atoms with Crippen LogP contribution in [0.2, 0.25) is 0 Å². The fourth-order valence-corrected chi connectivity index (χ4v) is 4.37. The molecule has 31 heavy (non-hydrogen) atoms. The maximum absolute atomic E-state index is 13.2. The van der Waals surface area contributed by atoms with Crippen LogP contribution in [0.25, 0.3) is 11.1 Å². The topological polar surface area (TPSA) is 39.7 Å². The van der Waals surface area contributed by atoms with E-state index in [0.29, 0.717) is 11.6 Å². The molecule has 1 aromatic heterocycles. The Morgan fingerprint density at radius 3 is 2.35 bits per heavy atom. The molecule has 3 heterocycles. The number of pyridine rings is 1. The lowest BCUT2D eigenvalue weighted by atomic mass is 10.00. The Kier molecular flexibility index (Phi) is 5.38. The Balaban J connectivity index is 1.16. The van der Waals surface area contributed by atoms with Crippen molar-refractivity contribution in [1.82, 2.24) is 14.8 Å². The molecular formula is C25H25FN4O. The molecule has 2 saturated heterocycles. The summed E-state index contributed by atoms with van der Waals surface area (Å²) in [5.41, 5.74) is 2.51. The summed E-state index contributed by atoms with van der Waals surface area (Å²) in [6.45, 7) is 5.43. The second-order valence-electron chi connectivity index (χ2n) is 8.16. The number of carbonyl (C=O) groups excluding carboxylic acids is 1. The van der Waals surface area contributed by atoms with E-state index < -0.39 is 0 Å². The van der Waals surface area contributed by atoms with Crippen LogP contribution in [-0.4, -0.2) is 66.0 Å². The molecule has 2 fully saturated rings. The molecule has 3 aromatic rings. The van der Waals surface area contributed by atoms with Gasteiger partial charge in [0, 0.05) is 57.1 Å². The smallest absolute Gasteiger partial charge is 0.253 e. The third-order valence-electron chi connectivity index (χ3n) is 6.24. The Labute approximate surface area is 181 Å². The van der Waals surface area contributed by atoms with E-state index in [-0.39, 0.29) is 11.7 Å². The van der Waals surface area contributed by atoms with Gasteiger partial charge in [-0.1, -0.05) is 30.3 Å². The Morgan fingerprint density at radius 2 is 1.65 bits per heavy atom. The molecule has 158 valence electrons. The summed E-state index contributed by atoms with van der Waals surface area (Å²) in [6, 6.07) is 20.4. The molecule has 0 aliphatic carbocycles. The number of hydrogen-bond donors (Lipinski definition) is 0. The summed E-state index contributed by atoms with van der Waals surface area (Å²) in [5, 5.41) is 0. The van der Waals surface area contributed by atoms with Gasteiger partial charge in [-0.2, -0.15) is 0 Å². The molecule has 1 amide bonds. The Morgan fingerprint density at radius 1 is 0.871 bits per heavy atom. The highest BCUT2D eigenvalue weighted by Crippen LogP contribution is 2.24. The first-order chi connectivity index (χ1) is 15.2. The van der Waals surface area contributed by atoms with Gasteiger partial charge in [0.25, 0.3) is 5.91 Å². The number of benzene rings is 2. The van der Waals surface area contributed by atoms with E-state index >= 15 is 0 Å². The average Bonchev–Trinajstić information content (AvgIpc) is 2.80. The minimum absolute atomic E-state index is 0.0623. The molecule has 2 aliphatic rings. The fraction of sp³-hybridized carbons (Fsp3) is 0.280. The number of nitrogens with zero attached hydrogens (tertiary/aromatic N) is 4. The van der Waals surface area contributed by atoms with E-state index in [1.54, 1.807) is 12.1 Å². The normalized spacial score (nSPS) is 17.5. The highest BCUT2D eigenvalue weighted by atomic mass is 19.1. The van der Waals surface area contributed by atoms with Gasteiger partial charge < -0.3 is 9.80 Å². The van der Waals surface area contributed by atoms with Gasteiger partial charge in [-0.05, 0) is 47.5 Å². The molecule has 0 bridgehead atoms. The quantitative estimate of drug-likeness (QED) is 0.652. The number of anilines is 1. The van der Waals surface area contributed by atoms with Crippen molar-refractivity contribution < 1.29 is 9.18 Å². The molecule has 0 radical (unpaired) electrons. The van der Waals surface area contributed by atoms with Crippen LogP contribution in [0.3, 0.4) is 0 Å². The minimum atomic E-state index is -0.261. The fourth-order valence-electron chi connectivity index (χ4n) is 4.37. The largest absolute Gasteiger partial charge is 0.354 e. The van der Waals surface area contributed by atoms with Gasteiger partial charge in [-0.3, -0.25) is 9.69 Å². The van der Waals surface area contributed by atoms with Crippen LogP contribution in [0.4, 0.5) is 10.2 Å². The average molecular weight is 417 g/mol. The first-order valence-corrected chi connectivity index (χ1v) is 10.7. The minimum Gasteiger partial charge on any atom is -0.354 e. The van der Waals surface area contributed by atoms with E-state index in [1.165, 1.54) is 12.1 Å². The first kappa shape index (κ1) is 19.7. The number of halogens is 1. The van der Waals surface area contributed by atoms with Crippen molar-refractivity contribution in [3.63, 3.8) is 0 Å². The lowest BCUT2D eigenvalue weighted by Gasteiger charge is -2.48. The molecule has 2 aliphatic heterocycles. The molecule has 2 aromatic carbocycles. The number of carbonyl (C=O) groups is 1. The van der Waals surface area contributed by atoms with Crippen molar-refractivity contribution in [2.75, 3.05) is 44.2 Å². The van der Waals surface area contributed by atoms with Crippen molar-refractivity contribution in [3.8, 4) is 11.1 Å². The van der Waals surface area contributed by atoms with Crippen LogP contribution in [0.5, 0.6) is 0 Å². The maximum atomic E-state index is 13.2. The van der Waals surface area contributed by atoms with Crippen LogP contribution in [0.15, 0.2) is 72.9 Å². The second-order valence-corrected chi connectivity index (χ2v) is 8.16. The maximum Gasteiger partial charge on any atom is 0.253 e. The Hall–Kier alpha value is -3.25. The van der Waals surface area contributed by atoms with E-state index in [2.05, 4.69) is 20.9 Å².